The molecule has 30 heavy (non-hydrogen) atoms. The number of furan rings is 1. The summed E-state index contributed by atoms with van der Waals surface area (Å²) in [7, 11) is 1.78. The fraction of sp³-hybridized carbons (Fsp3) is 0.105. The van der Waals surface area contributed by atoms with Crippen molar-refractivity contribution in [1.82, 2.24) is 14.8 Å². The lowest BCUT2D eigenvalue weighted by atomic mass is 10.2. The summed E-state index contributed by atoms with van der Waals surface area (Å²) in [4.78, 5) is 22.6. The molecule has 0 radical (unpaired) electrons. The first kappa shape index (κ1) is 19.9. The first-order valence-electron chi connectivity index (χ1n) is 8.67. The normalized spacial score (nSPS) is 11.0. The van der Waals surface area contributed by atoms with Crippen LogP contribution in [-0.4, -0.2) is 31.3 Å². The highest BCUT2D eigenvalue weighted by Gasteiger charge is 2.17. The molecule has 1 N–H and O–H groups in total. The molecule has 0 bridgehead atoms. The molecule has 1 amide bonds. The largest absolute Gasteiger partial charge is 0.453 e. The van der Waals surface area contributed by atoms with Crippen molar-refractivity contribution in [3.05, 3.63) is 63.7 Å². The maximum Gasteiger partial charge on any atom is 0.271 e. The predicted octanol–water partition coefficient (Wildman–Crippen LogP) is 4.52. The Kier molecular flexibility index (Phi) is 5.42. The topological polar surface area (TPSA) is 116 Å². The number of amides is 1. The molecule has 2 aromatic heterocycles. The minimum absolute atomic E-state index is 0.0190. The SMILES string of the molecule is Cn1c(SCC(=O)Nc2cc([N+](=O)[O-])ccc2Cl)nnc1-c1cc2ccccc2o1. The van der Waals surface area contributed by atoms with Gasteiger partial charge in [0.15, 0.2) is 16.7 Å². The molecule has 2 aromatic carbocycles. The van der Waals surface area contributed by atoms with Crippen LogP contribution in [0, 0.1) is 10.1 Å². The monoisotopic (exact) mass is 443 g/mol. The average molecular weight is 444 g/mol. The van der Waals surface area contributed by atoms with Crippen molar-refractivity contribution in [3.8, 4) is 11.6 Å². The van der Waals surface area contributed by atoms with Gasteiger partial charge in [0, 0.05) is 24.6 Å². The Bertz CT molecular complexity index is 1240. The molecule has 0 unspecified atom stereocenters. The van der Waals surface area contributed by atoms with Gasteiger partial charge in [0.2, 0.25) is 5.91 Å². The average Bonchev–Trinajstić information content (AvgIpc) is 3.31. The van der Waals surface area contributed by atoms with Gasteiger partial charge in [-0.15, -0.1) is 10.2 Å². The van der Waals surface area contributed by atoms with Crippen LogP contribution in [0.2, 0.25) is 5.02 Å². The predicted molar refractivity (Wildman–Crippen MR) is 114 cm³/mol. The maximum absolute atomic E-state index is 12.3. The second-order valence-electron chi connectivity index (χ2n) is 6.27. The molecule has 4 rings (SSSR count). The van der Waals surface area contributed by atoms with Crippen LogP contribution in [0.1, 0.15) is 0 Å². The third kappa shape index (κ3) is 4.00. The number of nitrogens with zero attached hydrogens (tertiary/aromatic N) is 4. The number of carbonyl (C=O) groups excluding carboxylic acids is 1. The smallest absolute Gasteiger partial charge is 0.271 e. The van der Waals surface area contributed by atoms with E-state index in [0.717, 1.165) is 11.0 Å². The fourth-order valence-corrected chi connectivity index (χ4v) is 3.66. The quantitative estimate of drug-likeness (QED) is 0.264. The van der Waals surface area contributed by atoms with E-state index >= 15 is 0 Å². The molecule has 0 saturated carbocycles. The third-order valence-corrected chi connectivity index (χ3v) is 5.60. The van der Waals surface area contributed by atoms with E-state index < -0.39 is 4.92 Å². The van der Waals surface area contributed by atoms with Crippen molar-refractivity contribution >= 4 is 51.6 Å². The minimum atomic E-state index is -0.556. The Labute approximate surface area is 179 Å². The molecule has 0 atom stereocenters. The van der Waals surface area contributed by atoms with Gasteiger partial charge in [-0.1, -0.05) is 41.6 Å². The Morgan fingerprint density at radius 1 is 1.27 bits per heavy atom. The van der Waals surface area contributed by atoms with Crippen molar-refractivity contribution in [3.63, 3.8) is 0 Å². The standard InChI is InChI=1S/C19H14ClN5O4S/c1-24-18(16-8-11-4-2-3-5-15(11)29-16)22-23-19(24)30-10-17(26)21-14-9-12(25(27)28)6-7-13(14)20/h2-9H,10H2,1H3,(H,21,26). The summed E-state index contributed by atoms with van der Waals surface area (Å²) >= 11 is 7.18. The van der Waals surface area contributed by atoms with Gasteiger partial charge in [-0.2, -0.15) is 0 Å². The van der Waals surface area contributed by atoms with Gasteiger partial charge in [0.05, 0.1) is 21.4 Å². The zero-order chi connectivity index (χ0) is 21.3. The number of nitro groups is 1. The van der Waals surface area contributed by atoms with E-state index in [1.54, 1.807) is 11.6 Å². The zero-order valence-corrected chi connectivity index (χ0v) is 17.1. The highest BCUT2D eigenvalue weighted by Crippen LogP contribution is 2.29. The first-order chi connectivity index (χ1) is 14.4. The summed E-state index contributed by atoms with van der Waals surface area (Å²) in [6, 6.07) is 13.4. The molecule has 0 aliphatic rings. The van der Waals surface area contributed by atoms with Gasteiger partial charge in [-0.25, -0.2) is 0 Å². The van der Waals surface area contributed by atoms with Gasteiger partial charge in [-0.3, -0.25) is 14.9 Å². The van der Waals surface area contributed by atoms with E-state index in [4.69, 9.17) is 16.0 Å². The second-order valence-corrected chi connectivity index (χ2v) is 7.62. The van der Waals surface area contributed by atoms with Crippen LogP contribution in [0.5, 0.6) is 0 Å². The minimum Gasteiger partial charge on any atom is -0.453 e. The van der Waals surface area contributed by atoms with Crippen LogP contribution in [-0.2, 0) is 11.8 Å². The van der Waals surface area contributed by atoms with Gasteiger partial charge in [0.1, 0.15) is 5.58 Å². The first-order valence-corrected chi connectivity index (χ1v) is 10.0. The molecular weight excluding hydrogens is 430 g/mol. The summed E-state index contributed by atoms with van der Waals surface area (Å²) in [6.45, 7) is 0. The number of nitro benzene ring substituents is 1. The van der Waals surface area contributed by atoms with Gasteiger partial charge >= 0.3 is 0 Å². The molecule has 152 valence electrons. The lowest BCUT2D eigenvalue weighted by Crippen LogP contribution is -2.15. The van der Waals surface area contributed by atoms with Crippen LogP contribution in [0.4, 0.5) is 11.4 Å². The van der Waals surface area contributed by atoms with Crippen LogP contribution in [0.15, 0.2) is 58.1 Å². The molecular formula is C19H14ClN5O4S. The Morgan fingerprint density at radius 3 is 2.83 bits per heavy atom. The number of nitrogens with one attached hydrogen (secondary N) is 1. The van der Waals surface area contributed by atoms with Crippen molar-refractivity contribution in [2.75, 3.05) is 11.1 Å². The van der Waals surface area contributed by atoms with Crippen molar-refractivity contribution < 1.29 is 14.1 Å². The molecule has 2 heterocycles. The Balaban J connectivity index is 1.45. The second kappa shape index (κ2) is 8.17. The van der Waals surface area contributed by atoms with Gasteiger partial charge in [0.25, 0.3) is 5.69 Å². The Hall–Kier alpha value is -3.37. The number of non-ortho nitro benzene ring substituents is 1. The van der Waals surface area contributed by atoms with Gasteiger partial charge in [-0.05, 0) is 18.2 Å². The summed E-state index contributed by atoms with van der Waals surface area (Å²) in [6.07, 6.45) is 0. The molecule has 11 heteroatoms. The summed E-state index contributed by atoms with van der Waals surface area (Å²) in [5, 5.41) is 23.4. The van der Waals surface area contributed by atoms with Crippen molar-refractivity contribution in [2.24, 2.45) is 7.05 Å². The van der Waals surface area contributed by atoms with Crippen LogP contribution >= 0.6 is 23.4 Å². The highest BCUT2D eigenvalue weighted by molar-refractivity contribution is 7.99. The molecule has 0 aliphatic heterocycles. The Morgan fingerprint density at radius 2 is 2.07 bits per heavy atom. The van der Waals surface area contributed by atoms with E-state index in [9.17, 15) is 14.9 Å². The number of rotatable bonds is 6. The van der Waals surface area contributed by atoms with E-state index in [1.165, 1.54) is 30.0 Å². The molecule has 9 nitrogen and oxygen atoms in total. The number of hydrogen-bond donors (Lipinski definition) is 1. The van der Waals surface area contributed by atoms with Gasteiger partial charge < -0.3 is 14.3 Å². The number of para-hydroxylation sites is 1. The van der Waals surface area contributed by atoms with E-state index in [-0.39, 0.29) is 28.1 Å². The lowest BCUT2D eigenvalue weighted by Gasteiger charge is -2.07. The highest BCUT2D eigenvalue weighted by atomic mass is 35.5. The number of hydrogen-bond acceptors (Lipinski definition) is 7. The summed E-state index contributed by atoms with van der Waals surface area (Å²) in [5.41, 5.74) is 0.765. The molecule has 4 aromatic rings. The van der Waals surface area contributed by atoms with E-state index in [1.807, 2.05) is 30.3 Å². The number of aromatic nitrogens is 3. The number of thioether (sulfide) groups is 1. The molecule has 0 spiro atoms. The number of halogens is 1. The van der Waals surface area contributed by atoms with E-state index in [2.05, 4.69) is 15.5 Å². The van der Waals surface area contributed by atoms with Crippen LogP contribution in [0.25, 0.3) is 22.6 Å². The fourth-order valence-electron chi connectivity index (χ4n) is 2.79. The van der Waals surface area contributed by atoms with Crippen molar-refractivity contribution in [2.45, 2.75) is 5.16 Å². The zero-order valence-electron chi connectivity index (χ0n) is 15.5. The molecule has 0 fully saturated rings. The number of carbonyl (C=O) groups is 1. The van der Waals surface area contributed by atoms with Crippen LogP contribution < -0.4 is 5.32 Å². The van der Waals surface area contributed by atoms with Crippen LogP contribution in [0.3, 0.4) is 0 Å². The van der Waals surface area contributed by atoms with Crippen molar-refractivity contribution in [1.29, 1.82) is 0 Å². The lowest BCUT2D eigenvalue weighted by molar-refractivity contribution is -0.384. The summed E-state index contributed by atoms with van der Waals surface area (Å²) in [5.74, 6) is 0.753. The number of fused-ring (bicyclic) bond motifs is 1. The summed E-state index contributed by atoms with van der Waals surface area (Å²) < 4.78 is 7.55. The molecule has 0 saturated heterocycles. The number of anilines is 1. The third-order valence-electron chi connectivity index (χ3n) is 4.25. The number of benzene rings is 2. The molecule has 0 aliphatic carbocycles. The van der Waals surface area contributed by atoms with E-state index in [0.29, 0.717) is 16.7 Å². The maximum atomic E-state index is 12.3.